The highest BCUT2D eigenvalue weighted by molar-refractivity contribution is 8.23. The summed E-state index contributed by atoms with van der Waals surface area (Å²) in [6.07, 6.45) is 0. The van der Waals surface area contributed by atoms with E-state index >= 15 is 0 Å². The van der Waals surface area contributed by atoms with Crippen LogP contribution in [-0.4, -0.2) is 15.7 Å². The van der Waals surface area contributed by atoms with Gasteiger partial charge in [-0.15, -0.1) is 11.8 Å². The predicted octanol–water partition coefficient (Wildman–Crippen LogP) is 1.66. The van der Waals surface area contributed by atoms with Crippen molar-refractivity contribution in [2.24, 2.45) is 0 Å². The maximum atomic E-state index is 10.3. The molecular formula is C5H8OS2. The van der Waals surface area contributed by atoms with Gasteiger partial charge in [-0.1, -0.05) is 12.2 Å². The van der Waals surface area contributed by atoms with Crippen molar-refractivity contribution in [3.8, 4) is 0 Å². The number of carbonyl (C=O) groups is 1. The van der Waals surface area contributed by atoms with Gasteiger partial charge in [-0.2, -0.15) is 0 Å². The number of hydrogen-bond acceptors (Lipinski definition) is 3. The van der Waals surface area contributed by atoms with Gasteiger partial charge in [-0.25, -0.2) is 0 Å². The minimum atomic E-state index is 0.180. The average Bonchev–Trinajstić information content (AvgIpc) is 1.61. The van der Waals surface area contributed by atoms with Crippen molar-refractivity contribution in [1.29, 1.82) is 0 Å². The van der Waals surface area contributed by atoms with Crippen LogP contribution in [0.1, 0.15) is 13.8 Å². The molecular weight excluding hydrogens is 140 g/mol. The summed E-state index contributed by atoms with van der Waals surface area (Å²) in [5.41, 5.74) is 0. The second kappa shape index (κ2) is 4.04. The maximum Gasteiger partial charge on any atom is 0.140 e. The van der Waals surface area contributed by atoms with Crippen molar-refractivity contribution in [3.63, 3.8) is 0 Å². The smallest absolute Gasteiger partial charge is 0.140 e. The van der Waals surface area contributed by atoms with Crippen LogP contribution in [0.25, 0.3) is 0 Å². The summed E-state index contributed by atoms with van der Waals surface area (Å²) < 4.78 is 0.834. The molecule has 0 aromatic heterocycles. The number of hydrogen-bond donors (Lipinski definition) is 0. The topological polar surface area (TPSA) is 17.1 Å². The molecule has 0 aliphatic heterocycles. The van der Waals surface area contributed by atoms with Gasteiger partial charge in [0.25, 0.3) is 0 Å². The quantitative estimate of drug-likeness (QED) is 0.554. The molecule has 1 nitrogen and oxygen atoms in total. The van der Waals surface area contributed by atoms with Crippen LogP contribution in [0, 0.1) is 0 Å². The van der Waals surface area contributed by atoms with Gasteiger partial charge in [0.2, 0.25) is 0 Å². The third kappa shape index (κ3) is 6.11. The second-order valence-corrected chi connectivity index (χ2v) is 3.54. The molecule has 0 bridgehead atoms. The van der Waals surface area contributed by atoms with Crippen molar-refractivity contribution in [2.45, 2.75) is 13.8 Å². The molecule has 0 heterocycles. The van der Waals surface area contributed by atoms with Crippen molar-refractivity contribution in [3.05, 3.63) is 0 Å². The number of thiocarbonyl (C=S) groups is 1. The van der Waals surface area contributed by atoms with E-state index in [1.165, 1.54) is 11.8 Å². The van der Waals surface area contributed by atoms with E-state index in [0.29, 0.717) is 5.75 Å². The van der Waals surface area contributed by atoms with E-state index in [-0.39, 0.29) is 5.78 Å². The number of rotatable bonds is 2. The van der Waals surface area contributed by atoms with E-state index in [1.807, 2.05) is 6.92 Å². The van der Waals surface area contributed by atoms with Gasteiger partial charge < -0.3 is 0 Å². The Morgan fingerprint density at radius 3 is 2.25 bits per heavy atom. The van der Waals surface area contributed by atoms with Crippen molar-refractivity contribution in [2.75, 3.05) is 5.75 Å². The second-order valence-electron chi connectivity index (χ2n) is 1.48. The predicted molar refractivity (Wildman–Crippen MR) is 41.4 cm³/mol. The molecule has 0 aromatic rings. The van der Waals surface area contributed by atoms with Gasteiger partial charge in [-0.05, 0) is 13.8 Å². The number of Topliss-reactive ketones (excluding diaryl/α,β-unsaturated/α-hetero) is 1. The van der Waals surface area contributed by atoms with Crippen LogP contribution in [0.15, 0.2) is 0 Å². The molecule has 46 valence electrons. The zero-order valence-electron chi connectivity index (χ0n) is 4.93. The van der Waals surface area contributed by atoms with Crippen molar-refractivity contribution in [1.82, 2.24) is 0 Å². The third-order valence-electron chi connectivity index (χ3n) is 0.479. The van der Waals surface area contributed by atoms with E-state index in [0.717, 1.165) is 4.20 Å². The van der Waals surface area contributed by atoms with Crippen LogP contribution in [0.2, 0.25) is 0 Å². The van der Waals surface area contributed by atoms with Gasteiger partial charge in [0.1, 0.15) is 5.78 Å². The summed E-state index contributed by atoms with van der Waals surface area (Å²) in [6, 6.07) is 0. The standard InChI is InChI=1S/C5H8OS2/c1-4(6)3-8-5(2)7/h3H2,1-2H3. The fourth-order valence-corrected chi connectivity index (χ4v) is 0.787. The Labute approximate surface area is 58.8 Å². The van der Waals surface area contributed by atoms with E-state index in [4.69, 9.17) is 12.2 Å². The Bertz CT molecular complexity index is 95.0. The van der Waals surface area contributed by atoms with Crippen molar-refractivity contribution < 1.29 is 4.79 Å². The van der Waals surface area contributed by atoms with Gasteiger partial charge in [-0.3, -0.25) is 4.79 Å². The normalized spacial score (nSPS) is 8.75. The lowest BCUT2D eigenvalue weighted by Crippen LogP contribution is -1.94. The molecule has 0 fully saturated rings. The van der Waals surface area contributed by atoms with E-state index in [2.05, 4.69) is 0 Å². The first-order valence-electron chi connectivity index (χ1n) is 2.25. The molecule has 0 aliphatic rings. The minimum absolute atomic E-state index is 0.180. The van der Waals surface area contributed by atoms with Crippen LogP contribution in [0.5, 0.6) is 0 Å². The highest BCUT2D eigenvalue weighted by Crippen LogP contribution is 2.01. The lowest BCUT2D eigenvalue weighted by atomic mass is 10.5. The molecule has 0 saturated heterocycles. The first-order valence-corrected chi connectivity index (χ1v) is 3.65. The fourth-order valence-electron chi connectivity index (χ4n) is 0.203. The Kier molecular flexibility index (Phi) is 4.09. The van der Waals surface area contributed by atoms with Gasteiger partial charge in [0.15, 0.2) is 0 Å². The summed E-state index contributed by atoms with van der Waals surface area (Å²) in [7, 11) is 0. The lowest BCUT2D eigenvalue weighted by molar-refractivity contribution is -0.114. The largest absolute Gasteiger partial charge is 0.299 e. The fraction of sp³-hybridized carbons (Fsp3) is 0.600. The molecule has 0 atom stereocenters. The van der Waals surface area contributed by atoms with Crippen LogP contribution in [-0.2, 0) is 4.79 Å². The van der Waals surface area contributed by atoms with Crippen molar-refractivity contribution >= 4 is 34.0 Å². The minimum Gasteiger partial charge on any atom is -0.299 e. The number of thioether (sulfide) groups is 1. The molecule has 0 radical (unpaired) electrons. The SMILES string of the molecule is CC(=O)CSC(C)=S. The van der Waals surface area contributed by atoms with E-state index in [1.54, 1.807) is 6.92 Å². The highest BCUT2D eigenvalue weighted by atomic mass is 32.2. The van der Waals surface area contributed by atoms with Gasteiger partial charge in [0.05, 0.1) is 5.75 Å². The summed E-state index contributed by atoms with van der Waals surface area (Å²) >= 11 is 6.15. The third-order valence-corrected chi connectivity index (χ3v) is 1.79. The molecule has 0 unspecified atom stereocenters. The molecule has 0 N–H and O–H groups in total. The molecule has 3 heteroatoms. The zero-order valence-corrected chi connectivity index (χ0v) is 6.56. The molecule has 0 saturated carbocycles. The summed E-state index contributed by atoms with van der Waals surface area (Å²) in [4.78, 5) is 10.3. The van der Waals surface area contributed by atoms with E-state index < -0.39 is 0 Å². The molecule has 0 aromatic carbocycles. The van der Waals surface area contributed by atoms with Gasteiger partial charge in [0, 0.05) is 4.20 Å². The molecule has 0 rings (SSSR count). The summed E-state index contributed by atoms with van der Waals surface area (Å²) in [6.45, 7) is 3.38. The van der Waals surface area contributed by atoms with Crippen LogP contribution >= 0.6 is 24.0 Å². The van der Waals surface area contributed by atoms with Crippen LogP contribution in [0.3, 0.4) is 0 Å². The highest BCUT2D eigenvalue weighted by Gasteiger charge is 1.92. The molecule has 8 heavy (non-hydrogen) atoms. The Hall–Kier alpha value is 0.110. The lowest BCUT2D eigenvalue weighted by Gasteiger charge is -1.89. The monoisotopic (exact) mass is 148 g/mol. The Morgan fingerprint density at radius 1 is 1.62 bits per heavy atom. The molecule has 0 spiro atoms. The summed E-state index contributed by atoms with van der Waals surface area (Å²) in [5.74, 6) is 0.703. The first kappa shape index (κ1) is 8.11. The summed E-state index contributed by atoms with van der Waals surface area (Å²) in [5, 5.41) is 0. The zero-order chi connectivity index (χ0) is 6.57. The van der Waals surface area contributed by atoms with Gasteiger partial charge >= 0.3 is 0 Å². The van der Waals surface area contributed by atoms with Crippen LogP contribution < -0.4 is 0 Å². The number of carbonyl (C=O) groups excluding carboxylic acids is 1. The molecule has 0 amide bonds. The Morgan fingerprint density at radius 2 is 2.12 bits per heavy atom. The van der Waals surface area contributed by atoms with Crippen LogP contribution in [0.4, 0.5) is 0 Å². The average molecular weight is 148 g/mol. The first-order chi connectivity index (χ1) is 3.63. The maximum absolute atomic E-state index is 10.3. The molecule has 0 aliphatic carbocycles. The Balaban J connectivity index is 3.18. The van der Waals surface area contributed by atoms with E-state index in [9.17, 15) is 4.79 Å². The number of ketones is 1.